The summed E-state index contributed by atoms with van der Waals surface area (Å²) in [7, 11) is 1.46. The molecule has 1 aliphatic carbocycles. The number of nitrogens with zero attached hydrogens (tertiary/aromatic N) is 3. The van der Waals surface area contributed by atoms with Crippen LogP contribution in [-0.4, -0.2) is 27.3 Å². The first-order chi connectivity index (χ1) is 10.4. The average molecular weight is 336 g/mol. The van der Waals surface area contributed by atoms with Gasteiger partial charge in [0.25, 0.3) is 0 Å². The summed E-state index contributed by atoms with van der Waals surface area (Å²) in [6.45, 7) is 1.10. The predicted octanol–water partition coefficient (Wildman–Crippen LogP) is 4.25. The molecule has 2 aliphatic rings. The molecule has 0 radical (unpaired) electrons. The molecule has 22 heavy (non-hydrogen) atoms. The Hall–Kier alpha value is -0.750. The Balaban J connectivity index is 1.83. The van der Waals surface area contributed by atoms with Crippen LogP contribution in [0.5, 0.6) is 0 Å². The van der Waals surface area contributed by atoms with Crippen molar-refractivity contribution in [3.63, 3.8) is 0 Å². The maximum Gasteiger partial charge on any atom is 0.435 e. The minimum Gasteiger partial charge on any atom is -0.296 e. The van der Waals surface area contributed by atoms with Gasteiger partial charge in [0.2, 0.25) is 0 Å². The van der Waals surface area contributed by atoms with Crippen molar-refractivity contribution in [2.75, 3.05) is 6.54 Å². The third-order valence-corrected chi connectivity index (χ3v) is 5.53. The molecule has 1 atom stereocenters. The SMILES string of the molecule is Cn1nc(C(F)(F)F)c(CN2CCC[C@@H]2C2CCCC2)c1Cl. The summed E-state index contributed by atoms with van der Waals surface area (Å²) < 4.78 is 40.6. The zero-order valence-corrected chi connectivity index (χ0v) is 13.4. The number of rotatable bonds is 3. The van der Waals surface area contributed by atoms with Gasteiger partial charge >= 0.3 is 6.18 Å². The molecule has 1 aromatic heterocycles. The van der Waals surface area contributed by atoms with E-state index in [-0.39, 0.29) is 17.3 Å². The highest BCUT2D eigenvalue weighted by atomic mass is 35.5. The molecule has 0 aromatic carbocycles. The van der Waals surface area contributed by atoms with Crippen molar-refractivity contribution >= 4 is 11.6 Å². The maximum atomic E-state index is 13.2. The van der Waals surface area contributed by atoms with E-state index in [0.717, 1.165) is 24.1 Å². The first kappa shape index (κ1) is 16.1. The second kappa shape index (κ2) is 6.04. The van der Waals surface area contributed by atoms with Gasteiger partial charge in [0.15, 0.2) is 5.69 Å². The fraction of sp³-hybridized carbons (Fsp3) is 0.800. The third kappa shape index (κ3) is 3.00. The van der Waals surface area contributed by atoms with E-state index in [1.54, 1.807) is 0 Å². The molecule has 0 N–H and O–H groups in total. The lowest BCUT2D eigenvalue weighted by Crippen LogP contribution is -2.34. The number of halogens is 4. The van der Waals surface area contributed by atoms with Crippen molar-refractivity contribution in [2.24, 2.45) is 13.0 Å². The molecule has 124 valence electrons. The van der Waals surface area contributed by atoms with Gasteiger partial charge in [-0.25, -0.2) is 0 Å². The molecule has 0 unspecified atom stereocenters. The van der Waals surface area contributed by atoms with Crippen molar-refractivity contribution in [1.82, 2.24) is 14.7 Å². The standard InChI is InChI=1S/C15H21ClF3N3/c1-21-14(16)11(13(20-21)15(17,18)19)9-22-8-4-7-12(22)10-5-2-3-6-10/h10,12H,2-9H2,1H3/t12-/m1/s1. The van der Waals surface area contributed by atoms with Crippen LogP contribution in [0.3, 0.4) is 0 Å². The van der Waals surface area contributed by atoms with Crippen LogP contribution in [0.25, 0.3) is 0 Å². The quantitative estimate of drug-likeness (QED) is 0.823. The monoisotopic (exact) mass is 335 g/mol. The molecule has 1 saturated carbocycles. The van der Waals surface area contributed by atoms with E-state index < -0.39 is 11.9 Å². The average Bonchev–Trinajstić information content (AvgIpc) is 3.14. The van der Waals surface area contributed by atoms with E-state index >= 15 is 0 Å². The van der Waals surface area contributed by atoms with Crippen LogP contribution in [0.1, 0.15) is 49.8 Å². The van der Waals surface area contributed by atoms with Crippen LogP contribution in [0.4, 0.5) is 13.2 Å². The lowest BCUT2D eigenvalue weighted by Gasteiger charge is -2.29. The summed E-state index contributed by atoms with van der Waals surface area (Å²) in [4.78, 5) is 2.19. The summed E-state index contributed by atoms with van der Waals surface area (Å²) in [5, 5.41) is 3.68. The van der Waals surface area contributed by atoms with Gasteiger partial charge in [-0.2, -0.15) is 18.3 Å². The summed E-state index contributed by atoms with van der Waals surface area (Å²) in [5.74, 6) is 0.632. The lowest BCUT2D eigenvalue weighted by molar-refractivity contribution is -0.142. The Bertz CT molecular complexity index is 535. The molecule has 1 aliphatic heterocycles. The smallest absolute Gasteiger partial charge is 0.296 e. The molecule has 1 saturated heterocycles. The van der Waals surface area contributed by atoms with Crippen LogP contribution >= 0.6 is 11.6 Å². The van der Waals surface area contributed by atoms with Gasteiger partial charge in [-0.15, -0.1) is 0 Å². The molecule has 0 amide bonds. The Morgan fingerprint density at radius 3 is 2.50 bits per heavy atom. The van der Waals surface area contributed by atoms with Gasteiger partial charge in [0.1, 0.15) is 5.15 Å². The molecule has 1 aromatic rings. The van der Waals surface area contributed by atoms with Crippen LogP contribution in [0, 0.1) is 5.92 Å². The number of alkyl halides is 3. The highest BCUT2D eigenvalue weighted by molar-refractivity contribution is 6.30. The molecule has 7 heteroatoms. The second-order valence-electron chi connectivity index (χ2n) is 6.46. The van der Waals surface area contributed by atoms with Gasteiger partial charge in [0.05, 0.1) is 0 Å². The zero-order chi connectivity index (χ0) is 15.9. The Morgan fingerprint density at radius 2 is 1.86 bits per heavy atom. The van der Waals surface area contributed by atoms with E-state index in [0.29, 0.717) is 12.0 Å². The van der Waals surface area contributed by atoms with E-state index in [9.17, 15) is 13.2 Å². The lowest BCUT2D eigenvalue weighted by atomic mass is 9.96. The maximum absolute atomic E-state index is 13.2. The summed E-state index contributed by atoms with van der Waals surface area (Å²) in [6, 6.07) is 0.403. The van der Waals surface area contributed by atoms with E-state index in [1.165, 1.54) is 32.7 Å². The van der Waals surface area contributed by atoms with Gasteiger partial charge in [0, 0.05) is 25.2 Å². The minimum absolute atomic E-state index is 0.101. The van der Waals surface area contributed by atoms with E-state index in [4.69, 9.17) is 11.6 Å². The van der Waals surface area contributed by atoms with Gasteiger partial charge in [-0.05, 0) is 38.1 Å². The second-order valence-corrected chi connectivity index (χ2v) is 6.82. The summed E-state index contributed by atoms with van der Waals surface area (Å²) in [6.07, 6.45) is 2.59. The van der Waals surface area contributed by atoms with Crippen molar-refractivity contribution < 1.29 is 13.2 Å². The van der Waals surface area contributed by atoms with Crippen molar-refractivity contribution in [3.05, 3.63) is 16.4 Å². The topological polar surface area (TPSA) is 21.1 Å². The molecule has 0 bridgehead atoms. The molecule has 3 nitrogen and oxygen atoms in total. The Kier molecular flexibility index (Phi) is 4.42. The number of hydrogen-bond acceptors (Lipinski definition) is 2. The summed E-state index contributed by atoms with van der Waals surface area (Å²) in [5.41, 5.74) is -0.710. The third-order valence-electron chi connectivity index (χ3n) is 5.06. The van der Waals surface area contributed by atoms with Crippen LogP contribution in [0.15, 0.2) is 0 Å². The number of aryl methyl sites for hydroxylation is 1. The van der Waals surface area contributed by atoms with Gasteiger partial charge in [-0.3, -0.25) is 9.58 Å². The fourth-order valence-electron chi connectivity index (χ4n) is 4.04. The largest absolute Gasteiger partial charge is 0.435 e. The normalized spacial score (nSPS) is 24.5. The van der Waals surface area contributed by atoms with Crippen molar-refractivity contribution in [1.29, 1.82) is 0 Å². The van der Waals surface area contributed by atoms with Gasteiger partial charge in [-0.1, -0.05) is 24.4 Å². The Morgan fingerprint density at radius 1 is 1.18 bits per heavy atom. The molecular formula is C15H21ClF3N3. The van der Waals surface area contributed by atoms with Gasteiger partial charge < -0.3 is 0 Å². The number of hydrogen-bond donors (Lipinski definition) is 0. The number of aromatic nitrogens is 2. The molecular weight excluding hydrogens is 315 g/mol. The molecule has 3 rings (SSSR count). The highest BCUT2D eigenvalue weighted by Crippen LogP contribution is 2.39. The first-order valence-electron chi connectivity index (χ1n) is 7.90. The van der Waals surface area contributed by atoms with Crippen molar-refractivity contribution in [3.8, 4) is 0 Å². The highest BCUT2D eigenvalue weighted by Gasteiger charge is 2.41. The predicted molar refractivity (Wildman–Crippen MR) is 78.6 cm³/mol. The molecule has 2 fully saturated rings. The van der Waals surface area contributed by atoms with Crippen molar-refractivity contribution in [2.45, 2.75) is 57.3 Å². The summed E-state index contributed by atoms with van der Waals surface area (Å²) >= 11 is 6.08. The van der Waals surface area contributed by atoms with Crippen LogP contribution < -0.4 is 0 Å². The Labute approximate surface area is 133 Å². The fourth-order valence-corrected chi connectivity index (χ4v) is 4.23. The molecule has 2 heterocycles. The molecule has 0 spiro atoms. The van der Waals surface area contributed by atoms with E-state index in [1.807, 2.05) is 0 Å². The van der Waals surface area contributed by atoms with Crippen LogP contribution in [0.2, 0.25) is 5.15 Å². The minimum atomic E-state index is -4.46. The van der Waals surface area contributed by atoms with Crippen LogP contribution in [-0.2, 0) is 19.8 Å². The zero-order valence-electron chi connectivity index (χ0n) is 12.7. The van der Waals surface area contributed by atoms with E-state index in [2.05, 4.69) is 10.00 Å². The number of likely N-dealkylation sites (tertiary alicyclic amines) is 1. The first-order valence-corrected chi connectivity index (χ1v) is 8.28.